The zero-order valence-corrected chi connectivity index (χ0v) is 15.3. The van der Waals surface area contributed by atoms with Crippen molar-refractivity contribution in [3.05, 3.63) is 63.1 Å². The number of hydrogen-bond acceptors (Lipinski definition) is 3. The Morgan fingerprint density at radius 1 is 1.08 bits per heavy atom. The van der Waals surface area contributed by atoms with Gasteiger partial charge in [0.05, 0.1) is 10.0 Å². The van der Waals surface area contributed by atoms with Gasteiger partial charge in [-0.05, 0) is 60.8 Å². The van der Waals surface area contributed by atoms with Crippen LogP contribution in [0.15, 0.2) is 36.4 Å². The first kappa shape index (κ1) is 17.7. The molecule has 0 bridgehead atoms. The molecule has 2 N–H and O–H groups in total. The fourth-order valence-corrected chi connectivity index (χ4v) is 4.00. The number of rotatable bonds is 4. The molecule has 24 heavy (non-hydrogen) atoms. The number of fused-ring (bicyclic) bond motifs is 1. The van der Waals surface area contributed by atoms with Gasteiger partial charge in [0.2, 0.25) is 0 Å². The van der Waals surface area contributed by atoms with Crippen LogP contribution in [0, 0.1) is 0 Å². The Hall–Kier alpha value is -1.11. The van der Waals surface area contributed by atoms with Gasteiger partial charge in [0.1, 0.15) is 0 Å². The summed E-state index contributed by atoms with van der Waals surface area (Å²) in [6, 6.07) is 11.6. The average Bonchev–Trinajstić information content (AvgIpc) is 2.55. The molecule has 0 aliphatic heterocycles. The van der Waals surface area contributed by atoms with E-state index >= 15 is 0 Å². The molecule has 0 amide bonds. The largest absolute Gasteiger partial charge is 0.755 e. The molecule has 0 spiro atoms. The highest BCUT2D eigenvalue weighted by molar-refractivity contribution is 7.80. The molecule has 3 rings (SSSR count). The molecule has 0 saturated carbocycles. The van der Waals surface area contributed by atoms with Gasteiger partial charge in [-0.2, -0.15) is 0 Å². The molecule has 7 heteroatoms. The molecule has 0 heterocycles. The van der Waals surface area contributed by atoms with Crippen LogP contribution in [-0.2, 0) is 11.3 Å². The van der Waals surface area contributed by atoms with Gasteiger partial charge >= 0.3 is 0 Å². The lowest BCUT2D eigenvalue weighted by Gasteiger charge is -2.32. The number of hydrogen-bond donors (Lipinski definition) is 2. The molecule has 2 aromatic carbocycles. The van der Waals surface area contributed by atoms with Crippen LogP contribution >= 0.6 is 23.2 Å². The van der Waals surface area contributed by atoms with Gasteiger partial charge in [-0.3, -0.25) is 4.21 Å². The Kier molecular flexibility index (Phi) is 5.47. The molecule has 2 aromatic rings. The maximum atomic E-state index is 10.9. The number of halogens is 2. The minimum Gasteiger partial charge on any atom is -0.755 e. The normalized spacial score (nSPS) is 21.2. The first-order valence-corrected chi connectivity index (χ1v) is 9.44. The molecule has 128 valence electrons. The summed E-state index contributed by atoms with van der Waals surface area (Å²) in [4.78, 5) is 0. The van der Waals surface area contributed by atoms with E-state index in [0.717, 1.165) is 24.0 Å². The second-order valence-corrected chi connectivity index (χ2v) is 7.31. The van der Waals surface area contributed by atoms with Crippen molar-refractivity contribution < 1.29 is 8.76 Å². The first-order chi connectivity index (χ1) is 11.5. The molecule has 4 nitrogen and oxygen atoms in total. The van der Waals surface area contributed by atoms with Crippen LogP contribution in [0.25, 0.3) is 0 Å². The van der Waals surface area contributed by atoms with Crippen LogP contribution in [0.4, 0.5) is 5.69 Å². The predicted molar refractivity (Wildman–Crippen MR) is 98.3 cm³/mol. The van der Waals surface area contributed by atoms with Crippen molar-refractivity contribution in [2.24, 2.45) is 0 Å². The fraction of sp³-hybridized carbons (Fsp3) is 0.294. The minimum atomic E-state index is -2.34. The summed E-state index contributed by atoms with van der Waals surface area (Å²) in [6.45, 7) is 0. The van der Waals surface area contributed by atoms with Gasteiger partial charge in [-0.1, -0.05) is 35.3 Å². The van der Waals surface area contributed by atoms with Crippen LogP contribution in [0.5, 0.6) is 0 Å². The SMILES string of the molecule is CNC1CCC(c2ccc(Cl)c(Cl)c2)c2cc(NS(=O)[O-])ccc21. The van der Waals surface area contributed by atoms with E-state index in [1.807, 2.05) is 31.3 Å². The third kappa shape index (κ3) is 3.60. The topological polar surface area (TPSA) is 64.2 Å². The second kappa shape index (κ2) is 7.42. The van der Waals surface area contributed by atoms with Crippen LogP contribution in [0.2, 0.25) is 10.0 Å². The van der Waals surface area contributed by atoms with Crippen LogP contribution < -0.4 is 10.0 Å². The van der Waals surface area contributed by atoms with E-state index in [2.05, 4.69) is 10.0 Å². The highest BCUT2D eigenvalue weighted by atomic mass is 35.5. The van der Waals surface area contributed by atoms with Crippen molar-refractivity contribution in [3.63, 3.8) is 0 Å². The third-order valence-corrected chi connectivity index (χ3v) is 5.62. The van der Waals surface area contributed by atoms with E-state index in [4.69, 9.17) is 23.2 Å². The molecule has 0 fully saturated rings. The molecular formula is C17H17Cl2N2O2S-. The van der Waals surface area contributed by atoms with E-state index in [1.54, 1.807) is 12.1 Å². The van der Waals surface area contributed by atoms with Crippen molar-refractivity contribution in [2.45, 2.75) is 24.8 Å². The van der Waals surface area contributed by atoms with Crippen molar-refractivity contribution in [1.29, 1.82) is 0 Å². The van der Waals surface area contributed by atoms with Crippen molar-refractivity contribution in [3.8, 4) is 0 Å². The van der Waals surface area contributed by atoms with Crippen molar-refractivity contribution >= 4 is 40.2 Å². The van der Waals surface area contributed by atoms with Gasteiger partial charge in [-0.15, -0.1) is 0 Å². The van der Waals surface area contributed by atoms with Crippen LogP contribution in [0.3, 0.4) is 0 Å². The Bertz CT molecular complexity index is 785. The summed E-state index contributed by atoms with van der Waals surface area (Å²) in [5.74, 6) is 0.154. The summed E-state index contributed by atoms with van der Waals surface area (Å²) < 4.78 is 24.3. The van der Waals surface area contributed by atoms with E-state index in [9.17, 15) is 8.76 Å². The lowest BCUT2D eigenvalue weighted by Crippen LogP contribution is -2.24. The first-order valence-electron chi connectivity index (χ1n) is 7.61. The Labute approximate surface area is 154 Å². The smallest absolute Gasteiger partial charge is 0.0595 e. The zero-order valence-electron chi connectivity index (χ0n) is 13.0. The lowest BCUT2D eigenvalue weighted by atomic mass is 9.76. The van der Waals surface area contributed by atoms with E-state index in [1.165, 1.54) is 5.56 Å². The molecule has 1 aliphatic rings. The zero-order chi connectivity index (χ0) is 17.3. The van der Waals surface area contributed by atoms with Crippen molar-refractivity contribution in [2.75, 3.05) is 11.8 Å². The lowest BCUT2D eigenvalue weighted by molar-refractivity contribution is 0.471. The van der Waals surface area contributed by atoms with E-state index < -0.39 is 11.3 Å². The Morgan fingerprint density at radius 3 is 2.54 bits per heavy atom. The maximum Gasteiger partial charge on any atom is 0.0595 e. The summed E-state index contributed by atoms with van der Waals surface area (Å²) in [7, 11) is 1.94. The van der Waals surface area contributed by atoms with Gasteiger partial charge < -0.3 is 14.6 Å². The summed E-state index contributed by atoms with van der Waals surface area (Å²) in [6.07, 6.45) is 1.94. The molecule has 0 aromatic heterocycles. The quantitative estimate of drug-likeness (QED) is 0.769. The van der Waals surface area contributed by atoms with Gasteiger partial charge in [0, 0.05) is 28.9 Å². The fourth-order valence-electron chi connectivity index (χ4n) is 3.37. The van der Waals surface area contributed by atoms with Crippen LogP contribution in [-0.4, -0.2) is 15.8 Å². The standard InChI is InChI=1S/C17H18Cl2N2O2S/c1-20-17-7-5-12(10-2-6-15(18)16(19)8-10)14-9-11(21-24(22)23)3-4-13(14)17/h2-4,6,8-9,12,17,20-21H,5,7H2,1H3,(H,22,23)/p-1. The average molecular weight is 384 g/mol. The van der Waals surface area contributed by atoms with Crippen LogP contribution in [0.1, 0.15) is 41.5 Å². The maximum absolute atomic E-state index is 10.9. The molecule has 0 saturated heterocycles. The van der Waals surface area contributed by atoms with E-state index in [0.29, 0.717) is 15.7 Å². The summed E-state index contributed by atoms with van der Waals surface area (Å²) >= 11 is 9.86. The van der Waals surface area contributed by atoms with Gasteiger partial charge in [0.15, 0.2) is 0 Å². The number of nitrogens with one attached hydrogen (secondary N) is 2. The number of anilines is 1. The molecule has 3 atom stereocenters. The minimum absolute atomic E-state index is 0.154. The highest BCUT2D eigenvalue weighted by Gasteiger charge is 2.28. The molecule has 0 radical (unpaired) electrons. The Balaban J connectivity index is 2.06. The van der Waals surface area contributed by atoms with Gasteiger partial charge in [-0.25, -0.2) is 0 Å². The molecule has 1 aliphatic carbocycles. The molecule has 3 unspecified atom stereocenters. The highest BCUT2D eigenvalue weighted by Crippen LogP contribution is 2.43. The number of benzene rings is 2. The van der Waals surface area contributed by atoms with E-state index in [-0.39, 0.29) is 12.0 Å². The Morgan fingerprint density at radius 2 is 1.88 bits per heavy atom. The third-order valence-electron chi connectivity index (χ3n) is 4.48. The second-order valence-electron chi connectivity index (χ2n) is 5.83. The monoisotopic (exact) mass is 383 g/mol. The molecular weight excluding hydrogens is 367 g/mol. The summed E-state index contributed by atoms with van der Waals surface area (Å²) in [5.41, 5.74) is 3.93. The summed E-state index contributed by atoms with van der Waals surface area (Å²) in [5, 5.41) is 4.38. The van der Waals surface area contributed by atoms with Gasteiger partial charge in [0.25, 0.3) is 0 Å². The van der Waals surface area contributed by atoms with Crippen molar-refractivity contribution in [1.82, 2.24) is 5.32 Å². The predicted octanol–water partition coefficient (Wildman–Crippen LogP) is 4.39.